The van der Waals surface area contributed by atoms with Gasteiger partial charge in [-0.05, 0) is 18.6 Å². The highest BCUT2D eigenvalue weighted by Gasteiger charge is 2.06. The zero-order valence-corrected chi connectivity index (χ0v) is 6.74. The van der Waals surface area contributed by atoms with Crippen LogP contribution < -0.4 is 5.73 Å². The Hall–Kier alpha value is -1.58. The van der Waals surface area contributed by atoms with Crippen molar-refractivity contribution >= 4 is 11.7 Å². The van der Waals surface area contributed by atoms with Crippen molar-refractivity contribution in [3.8, 4) is 0 Å². The van der Waals surface area contributed by atoms with Crippen LogP contribution in [0.5, 0.6) is 0 Å². The van der Waals surface area contributed by atoms with Gasteiger partial charge >= 0.3 is 5.97 Å². The maximum Gasteiger partial charge on any atom is 0.309 e. The lowest BCUT2D eigenvalue weighted by Crippen LogP contribution is -2.05. The first kappa shape index (κ1) is 8.52. The third kappa shape index (κ3) is 1.72. The number of aromatic nitrogens is 1. The summed E-state index contributed by atoms with van der Waals surface area (Å²) in [6, 6.07) is 1.65. The molecule has 1 rings (SSSR count). The van der Waals surface area contributed by atoms with Gasteiger partial charge in [-0.2, -0.15) is 0 Å². The fraction of sp³-hybridized carbons (Fsp3) is 0.250. The van der Waals surface area contributed by atoms with Crippen LogP contribution in [0.2, 0.25) is 0 Å². The van der Waals surface area contributed by atoms with Gasteiger partial charge in [-0.1, -0.05) is 0 Å². The van der Waals surface area contributed by atoms with E-state index in [1.54, 1.807) is 13.0 Å². The van der Waals surface area contributed by atoms with Crippen LogP contribution in [0.4, 0.5) is 5.69 Å². The fourth-order valence-corrected chi connectivity index (χ4v) is 0.917. The van der Waals surface area contributed by atoms with Gasteiger partial charge in [0.2, 0.25) is 0 Å². The lowest BCUT2D eigenvalue weighted by atomic mass is 10.1. The molecule has 0 aliphatic rings. The number of pyridine rings is 1. The number of nitrogens with two attached hydrogens (primary N) is 1. The molecule has 0 aromatic carbocycles. The van der Waals surface area contributed by atoms with Gasteiger partial charge < -0.3 is 10.8 Å². The van der Waals surface area contributed by atoms with E-state index in [9.17, 15) is 4.79 Å². The molecule has 1 aromatic rings. The first-order valence-electron chi connectivity index (χ1n) is 3.53. The van der Waals surface area contributed by atoms with E-state index in [4.69, 9.17) is 10.8 Å². The van der Waals surface area contributed by atoms with Crippen molar-refractivity contribution in [2.45, 2.75) is 13.3 Å². The van der Waals surface area contributed by atoms with Crippen LogP contribution in [0.15, 0.2) is 12.3 Å². The second kappa shape index (κ2) is 3.21. The minimum atomic E-state index is -0.892. The summed E-state index contributed by atoms with van der Waals surface area (Å²) in [5, 5.41) is 8.50. The molecule has 0 spiro atoms. The second-order valence-corrected chi connectivity index (χ2v) is 2.54. The number of hydrogen-bond acceptors (Lipinski definition) is 3. The quantitative estimate of drug-likeness (QED) is 0.674. The van der Waals surface area contributed by atoms with E-state index in [1.807, 2.05) is 0 Å². The van der Waals surface area contributed by atoms with E-state index in [-0.39, 0.29) is 6.42 Å². The minimum Gasteiger partial charge on any atom is -0.481 e. The Kier molecular flexibility index (Phi) is 2.28. The largest absolute Gasteiger partial charge is 0.481 e. The van der Waals surface area contributed by atoms with Crippen molar-refractivity contribution in [2.75, 3.05) is 5.73 Å². The van der Waals surface area contributed by atoms with Gasteiger partial charge in [0, 0.05) is 11.9 Å². The van der Waals surface area contributed by atoms with Crippen LogP contribution >= 0.6 is 0 Å². The Morgan fingerprint density at radius 1 is 1.75 bits per heavy atom. The average molecular weight is 166 g/mol. The van der Waals surface area contributed by atoms with E-state index in [0.29, 0.717) is 11.4 Å². The fourth-order valence-electron chi connectivity index (χ4n) is 0.917. The molecule has 0 bridgehead atoms. The number of hydrogen-bond donors (Lipinski definition) is 2. The molecule has 0 aliphatic heterocycles. The highest BCUT2D eigenvalue weighted by molar-refractivity contribution is 5.70. The summed E-state index contributed by atoms with van der Waals surface area (Å²) in [7, 11) is 0. The van der Waals surface area contributed by atoms with E-state index in [2.05, 4.69) is 4.98 Å². The van der Waals surface area contributed by atoms with Gasteiger partial charge in [0.15, 0.2) is 0 Å². The molecule has 1 heterocycles. The zero-order chi connectivity index (χ0) is 9.14. The number of anilines is 1. The SMILES string of the molecule is Cc1c(N)ccnc1CC(=O)O. The van der Waals surface area contributed by atoms with Gasteiger partial charge in [0.05, 0.1) is 12.1 Å². The van der Waals surface area contributed by atoms with E-state index in [1.165, 1.54) is 6.20 Å². The van der Waals surface area contributed by atoms with Crippen molar-refractivity contribution in [3.05, 3.63) is 23.5 Å². The third-order valence-corrected chi connectivity index (χ3v) is 1.67. The molecule has 3 N–H and O–H groups in total. The van der Waals surface area contributed by atoms with Gasteiger partial charge in [0.1, 0.15) is 0 Å². The molecule has 0 saturated carbocycles. The maximum absolute atomic E-state index is 10.4. The van der Waals surface area contributed by atoms with Crippen LogP contribution in [0, 0.1) is 6.92 Å². The molecule has 1 aromatic heterocycles. The summed E-state index contributed by atoms with van der Waals surface area (Å²) in [5.74, 6) is -0.892. The topological polar surface area (TPSA) is 76.2 Å². The first-order valence-corrected chi connectivity index (χ1v) is 3.53. The maximum atomic E-state index is 10.4. The van der Waals surface area contributed by atoms with Crippen LogP contribution in [-0.2, 0) is 11.2 Å². The molecule has 0 atom stereocenters. The Labute approximate surface area is 70.0 Å². The Morgan fingerprint density at radius 3 is 3.00 bits per heavy atom. The standard InChI is InChI=1S/C8H10N2O2/c1-5-6(9)2-3-10-7(5)4-8(11)12/h2-3H,4H2,1H3,(H2,9,10)(H,11,12). The highest BCUT2D eigenvalue weighted by Crippen LogP contribution is 2.12. The number of aliphatic carboxylic acids is 1. The molecule has 64 valence electrons. The van der Waals surface area contributed by atoms with Crippen LogP contribution in [0.3, 0.4) is 0 Å². The Morgan fingerprint density at radius 2 is 2.42 bits per heavy atom. The molecule has 4 nitrogen and oxygen atoms in total. The molecule has 4 heteroatoms. The molecule has 0 unspecified atom stereocenters. The summed E-state index contributed by atoms with van der Waals surface area (Å²) in [6.07, 6.45) is 1.44. The molecule has 0 aliphatic carbocycles. The van der Waals surface area contributed by atoms with Gasteiger partial charge in [-0.15, -0.1) is 0 Å². The molecule has 12 heavy (non-hydrogen) atoms. The van der Waals surface area contributed by atoms with E-state index >= 15 is 0 Å². The molecule has 0 radical (unpaired) electrons. The van der Waals surface area contributed by atoms with E-state index in [0.717, 1.165) is 5.56 Å². The predicted octanol–water partition coefficient (Wildman–Crippen LogP) is 0.599. The monoisotopic (exact) mass is 166 g/mol. The number of nitrogens with zero attached hydrogens (tertiary/aromatic N) is 1. The van der Waals surface area contributed by atoms with Crippen molar-refractivity contribution in [3.63, 3.8) is 0 Å². The Bertz CT molecular complexity index is 310. The lowest BCUT2D eigenvalue weighted by Gasteiger charge is -2.03. The van der Waals surface area contributed by atoms with Crippen molar-refractivity contribution in [1.29, 1.82) is 0 Å². The van der Waals surface area contributed by atoms with Crippen LogP contribution in [-0.4, -0.2) is 16.1 Å². The molecular weight excluding hydrogens is 156 g/mol. The minimum absolute atomic E-state index is 0.0725. The van der Waals surface area contributed by atoms with Crippen LogP contribution in [0.25, 0.3) is 0 Å². The smallest absolute Gasteiger partial charge is 0.309 e. The molecule has 0 saturated heterocycles. The summed E-state index contributed by atoms with van der Waals surface area (Å²) in [5.41, 5.74) is 7.43. The third-order valence-electron chi connectivity index (χ3n) is 1.67. The number of nitrogen functional groups attached to an aromatic ring is 1. The number of carbonyl (C=O) groups is 1. The van der Waals surface area contributed by atoms with Gasteiger partial charge in [-0.3, -0.25) is 9.78 Å². The summed E-state index contributed by atoms with van der Waals surface area (Å²) in [4.78, 5) is 14.3. The predicted molar refractivity (Wildman–Crippen MR) is 44.7 cm³/mol. The van der Waals surface area contributed by atoms with Crippen LogP contribution in [0.1, 0.15) is 11.3 Å². The average Bonchev–Trinajstić information content (AvgIpc) is 1.98. The number of carboxylic acids is 1. The molecule has 0 fully saturated rings. The normalized spacial score (nSPS) is 9.75. The van der Waals surface area contributed by atoms with Crippen molar-refractivity contribution < 1.29 is 9.90 Å². The first-order chi connectivity index (χ1) is 5.61. The van der Waals surface area contributed by atoms with Crippen molar-refractivity contribution in [2.24, 2.45) is 0 Å². The van der Waals surface area contributed by atoms with E-state index < -0.39 is 5.97 Å². The Balaban J connectivity index is 3.00. The summed E-state index contributed by atoms with van der Waals surface area (Å²) >= 11 is 0. The van der Waals surface area contributed by atoms with Gasteiger partial charge in [-0.25, -0.2) is 0 Å². The van der Waals surface area contributed by atoms with Crippen molar-refractivity contribution in [1.82, 2.24) is 4.98 Å². The van der Waals surface area contributed by atoms with Gasteiger partial charge in [0.25, 0.3) is 0 Å². The summed E-state index contributed by atoms with van der Waals surface area (Å²) in [6.45, 7) is 1.76. The lowest BCUT2D eigenvalue weighted by molar-refractivity contribution is -0.136. The zero-order valence-electron chi connectivity index (χ0n) is 6.74. The number of rotatable bonds is 2. The molecular formula is C8H10N2O2. The number of carboxylic acid groups (broad SMARTS) is 1. The summed E-state index contributed by atoms with van der Waals surface area (Å²) < 4.78 is 0. The molecule has 0 amide bonds. The second-order valence-electron chi connectivity index (χ2n) is 2.54. The highest BCUT2D eigenvalue weighted by atomic mass is 16.4.